The lowest BCUT2D eigenvalue weighted by Gasteiger charge is -2.35. The fourth-order valence-corrected chi connectivity index (χ4v) is 2.69. The molecule has 1 aliphatic heterocycles. The second-order valence-electron chi connectivity index (χ2n) is 6.65. The summed E-state index contributed by atoms with van der Waals surface area (Å²) >= 11 is 0. The smallest absolute Gasteiger partial charge is 0.403 e. The zero-order chi connectivity index (χ0) is 20.9. The van der Waals surface area contributed by atoms with Crippen LogP contribution in [0, 0.1) is 0 Å². The molecule has 0 unspecified atom stereocenters. The summed E-state index contributed by atoms with van der Waals surface area (Å²) in [6.07, 6.45) is -3.19. The molecule has 28 heavy (non-hydrogen) atoms. The monoisotopic (exact) mass is 398 g/mol. The van der Waals surface area contributed by atoms with Crippen molar-refractivity contribution in [3.8, 4) is 0 Å². The number of hydrogen-bond donors (Lipinski definition) is 2. The fourth-order valence-electron chi connectivity index (χ4n) is 2.69. The van der Waals surface area contributed by atoms with E-state index in [1.807, 2.05) is 9.80 Å². The molecule has 1 saturated heterocycles. The Kier molecular flexibility index (Phi) is 6.90. The maximum absolute atomic E-state index is 12.7. The van der Waals surface area contributed by atoms with Gasteiger partial charge in [-0.1, -0.05) is 12.1 Å². The first kappa shape index (κ1) is 21.5. The molecule has 4 N–H and O–H groups in total. The van der Waals surface area contributed by atoms with Gasteiger partial charge in [-0.05, 0) is 12.1 Å². The number of likely N-dealkylation sites (N-methyl/N-ethyl adjacent to an activating group) is 1. The number of guanidine groups is 1. The SMILES string of the molecule is CN(C)C(=O)CN1CCN(C(N)=N/C(=C\N)c2ccc(C(F)(F)F)cc2)CC1. The molecule has 1 aromatic carbocycles. The third kappa shape index (κ3) is 5.62. The van der Waals surface area contributed by atoms with Crippen molar-refractivity contribution in [1.82, 2.24) is 14.7 Å². The highest BCUT2D eigenvalue weighted by atomic mass is 19.4. The Labute approximate surface area is 162 Å². The Morgan fingerprint density at radius 3 is 2.21 bits per heavy atom. The van der Waals surface area contributed by atoms with Gasteiger partial charge >= 0.3 is 6.18 Å². The Hall–Kier alpha value is -2.75. The molecule has 0 bridgehead atoms. The lowest BCUT2D eigenvalue weighted by molar-refractivity contribution is -0.137. The Bertz CT molecular complexity index is 735. The number of nitrogens with two attached hydrogens (primary N) is 2. The molecule has 1 heterocycles. The second kappa shape index (κ2) is 8.96. The molecule has 2 rings (SSSR count). The summed E-state index contributed by atoms with van der Waals surface area (Å²) in [6, 6.07) is 4.57. The Balaban J connectivity index is 2.01. The van der Waals surface area contributed by atoms with Crippen LogP contribution in [0.25, 0.3) is 5.70 Å². The largest absolute Gasteiger partial charge is 0.416 e. The zero-order valence-corrected chi connectivity index (χ0v) is 15.9. The van der Waals surface area contributed by atoms with Crippen molar-refractivity contribution in [2.45, 2.75) is 6.18 Å². The number of hydrogen-bond acceptors (Lipinski definition) is 4. The number of rotatable bonds is 4. The summed E-state index contributed by atoms with van der Waals surface area (Å²) in [6.45, 7) is 2.81. The zero-order valence-electron chi connectivity index (χ0n) is 15.9. The molecule has 0 atom stereocenters. The molecule has 1 aliphatic rings. The summed E-state index contributed by atoms with van der Waals surface area (Å²) in [5, 5.41) is 0. The van der Waals surface area contributed by atoms with E-state index in [2.05, 4.69) is 4.99 Å². The molecule has 0 spiro atoms. The number of aliphatic imine (C=N–C) groups is 1. The molecule has 10 heteroatoms. The van der Waals surface area contributed by atoms with Crippen LogP contribution in [0.1, 0.15) is 11.1 Å². The topological polar surface area (TPSA) is 91.2 Å². The van der Waals surface area contributed by atoms with Gasteiger partial charge in [0.15, 0.2) is 5.96 Å². The van der Waals surface area contributed by atoms with Crippen molar-refractivity contribution in [3.63, 3.8) is 0 Å². The predicted molar refractivity (Wildman–Crippen MR) is 102 cm³/mol. The van der Waals surface area contributed by atoms with Gasteiger partial charge in [0, 0.05) is 52.0 Å². The number of benzene rings is 1. The first-order chi connectivity index (χ1) is 13.1. The summed E-state index contributed by atoms with van der Waals surface area (Å²) in [5.41, 5.74) is 11.6. The number of alkyl halides is 3. The number of nitrogens with zero attached hydrogens (tertiary/aromatic N) is 4. The third-order valence-electron chi connectivity index (χ3n) is 4.45. The van der Waals surface area contributed by atoms with Crippen molar-refractivity contribution in [2.24, 2.45) is 16.5 Å². The van der Waals surface area contributed by atoms with E-state index >= 15 is 0 Å². The Morgan fingerprint density at radius 2 is 1.75 bits per heavy atom. The first-order valence-corrected chi connectivity index (χ1v) is 8.73. The van der Waals surface area contributed by atoms with Crippen molar-refractivity contribution >= 4 is 17.6 Å². The normalized spacial score (nSPS) is 17.0. The maximum Gasteiger partial charge on any atom is 0.416 e. The van der Waals surface area contributed by atoms with Crippen molar-refractivity contribution < 1.29 is 18.0 Å². The van der Waals surface area contributed by atoms with E-state index in [1.54, 1.807) is 19.0 Å². The van der Waals surface area contributed by atoms with Crippen LogP contribution in [0.15, 0.2) is 35.5 Å². The minimum absolute atomic E-state index is 0.0331. The Morgan fingerprint density at radius 1 is 1.18 bits per heavy atom. The summed E-state index contributed by atoms with van der Waals surface area (Å²) in [5.74, 6) is 0.265. The van der Waals surface area contributed by atoms with Crippen LogP contribution in [0.2, 0.25) is 0 Å². The van der Waals surface area contributed by atoms with Gasteiger partial charge in [-0.2, -0.15) is 13.2 Å². The van der Waals surface area contributed by atoms with Crippen LogP contribution < -0.4 is 11.5 Å². The molecule has 154 valence electrons. The van der Waals surface area contributed by atoms with E-state index in [0.717, 1.165) is 12.1 Å². The van der Waals surface area contributed by atoms with Gasteiger partial charge < -0.3 is 21.3 Å². The van der Waals surface area contributed by atoms with E-state index in [1.165, 1.54) is 18.3 Å². The number of carbonyl (C=O) groups is 1. The number of halogens is 3. The van der Waals surface area contributed by atoms with Gasteiger partial charge in [-0.3, -0.25) is 9.69 Å². The van der Waals surface area contributed by atoms with Gasteiger partial charge in [0.25, 0.3) is 0 Å². The van der Waals surface area contributed by atoms with Crippen LogP contribution in [0.4, 0.5) is 13.2 Å². The van der Waals surface area contributed by atoms with Crippen molar-refractivity contribution in [2.75, 3.05) is 46.8 Å². The van der Waals surface area contributed by atoms with E-state index in [0.29, 0.717) is 38.3 Å². The summed E-state index contributed by atoms with van der Waals surface area (Å²) in [4.78, 5) is 21.5. The third-order valence-corrected chi connectivity index (χ3v) is 4.45. The molecular weight excluding hydrogens is 373 g/mol. The highest BCUT2D eigenvalue weighted by Gasteiger charge is 2.30. The van der Waals surface area contributed by atoms with Crippen LogP contribution in [-0.2, 0) is 11.0 Å². The highest BCUT2D eigenvalue weighted by molar-refractivity contribution is 5.85. The predicted octanol–water partition coefficient (Wildman–Crippen LogP) is 0.983. The summed E-state index contributed by atoms with van der Waals surface area (Å²) < 4.78 is 38.1. The molecule has 7 nitrogen and oxygen atoms in total. The van der Waals surface area contributed by atoms with Gasteiger partial charge in [0.2, 0.25) is 5.91 Å². The molecule has 0 saturated carbocycles. The first-order valence-electron chi connectivity index (χ1n) is 8.73. The molecule has 0 radical (unpaired) electrons. The fraction of sp³-hybridized carbons (Fsp3) is 0.444. The molecule has 1 aromatic rings. The lowest BCUT2D eigenvalue weighted by atomic mass is 10.1. The quantitative estimate of drug-likeness (QED) is 0.583. The van der Waals surface area contributed by atoms with Gasteiger partial charge in [0.05, 0.1) is 17.8 Å². The number of carbonyl (C=O) groups excluding carboxylic acids is 1. The van der Waals surface area contributed by atoms with E-state index in [4.69, 9.17) is 11.5 Å². The molecule has 1 amide bonds. The highest BCUT2D eigenvalue weighted by Crippen LogP contribution is 2.30. The van der Waals surface area contributed by atoms with E-state index < -0.39 is 11.7 Å². The van der Waals surface area contributed by atoms with E-state index in [9.17, 15) is 18.0 Å². The lowest BCUT2D eigenvalue weighted by Crippen LogP contribution is -2.52. The van der Waals surface area contributed by atoms with Crippen molar-refractivity contribution in [1.29, 1.82) is 0 Å². The minimum atomic E-state index is -4.40. The average molecular weight is 398 g/mol. The van der Waals surface area contributed by atoms with Gasteiger partial charge in [-0.25, -0.2) is 4.99 Å². The van der Waals surface area contributed by atoms with Gasteiger partial charge in [0.1, 0.15) is 0 Å². The van der Waals surface area contributed by atoms with Crippen LogP contribution in [0.3, 0.4) is 0 Å². The van der Waals surface area contributed by atoms with Crippen LogP contribution in [-0.4, -0.2) is 73.4 Å². The summed E-state index contributed by atoms with van der Waals surface area (Å²) in [7, 11) is 3.43. The average Bonchev–Trinajstić information content (AvgIpc) is 2.65. The molecule has 0 aromatic heterocycles. The maximum atomic E-state index is 12.7. The van der Waals surface area contributed by atoms with Crippen molar-refractivity contribution in [3.05, 3.63) is 41.6 Å². The van der Waals surface area contributed by atoms with Gasteiger partial charge in [-0.15, -0.1) is 0 Å². The van der Waals surface area contributed by atoms with Crippen LogP contribution >= 0.6 is 0 Å². The van der Waals surface area contributed by atoms with E-state index in [-0.39, 0.29) is 17.6 Å². The minimum Gasteiger partial charge on any atom is -0.403 e. The second-order valence-corrected chi connectivity index (χ2v) is 6.65. The molecular formula is C18H25F3N6O. The standard InChI is InChI=1S/C18H25F3N6O/c1-25(2)16(28)12-26-7-9-27(10-8-26)17(23)24-15(11-22)13-3-5-14(6-4-13)18(19,20)21/h3-6,11H,7-10,12,22H2,1-2H3,(H2,23,24)/b15-11-. The van der Waals surface area contributed by atoms with Crippen LogP contribution in [0.5, 0.6) is 0 Å². The number of piperazine rings is 1. The molecule has 1 fully saturated rings. The molecule has 0 aliphatic carbocycles. The number of amides is 1.